The van der Waals surface area contributed by atoms with Crippen molar-refractivity contribution in [2.24, 2.45) is 29.1 Å². The van der Waals surface area contributed by atoms with Gasteiger partial charge in [0, 0.05) is 11.5 Å². The van der Waals surface area contributed by atoms with Gasteiger partial charge in [0.05, 0.1) is 47.5 Å². The van der Waals surface area contributed by atoms with Crippen molar-refractivity contribution in [1.82, 2.24) is 4.90 Å². The maximum absolute atomic E-state index is 14.5. The highest BCUT2D eigenvalue weighted by Gasteiger charge is 2.68. The number of ether oxygens (including phenoxy) is 1. The molecule has 0 radical (unpaired) electrons. The van der Waals surface area contributed by atoms with Gasteiger partial charge in [0.2, 0.25) is 23.6 Å². The number of carbonyl (C=O) groups excluding carboxylic acids is 4. The predicted molar refractivity (Wildman–Crippen MR) is 163 cm³/mol. The molecule has 4 amide bonds. The summed E-state index contributed by atoms with van der Waals surface area (Å²) in [5.74, 6) is -5.50. The molecule has 6 unspecified atom stereocenters. The van der Waals surface area contributed by atoms with E-state index in [9.17, 15) is 28.7 Å². The number of fused-ring (bicyclic) bond motifs is 4. The number of benzene rings is 3. The van der Waals surface area contributed by atoms with Gasteiger partial charge in [0.15, 0.2) is 0 Å². The Morgan fingerprint density at radius 1 is 0.978 bits per heavy atom. The number of carbonyl (C=O) groups is 4. The lowest BCUT2D eigenvalue weighted by molar-refractivity contribution is -0.141. The number of phenolic OH excluding ortho intramolecular Hbond substituents is 1. The number of methoxy groups -OCH3 is 1. The number of imide groups is 2. The van der Waals surface area contributed by atoms with Crippen molar-refractivity contribution in [2.75, 3.05) is 12.0 Å². The minimum absolute atomic E-state index is 0.0903. The first-order chi connectivity index (χ1) is 21.6. The number of aromatic hydroxyl groups is 1. The van der Waals surface area contributed by atoms with Crippen LogP contribution in [-0.2, 0) is 25.7 Å². The van der Waals surface area contributed by atoms with Crippen LogP contribution in [0.15, 0.2) is 78.4 Å². The van der Waals surface area contributed by atoms with Gasteiger partial charge in [-0.1, -0.05) is 53.6 Å². The molecule has 230 valence electrons. The van der Waals surface area contributed by atoms with Gasteiger partial charge in [-0.15, -0.1) is 0 Å². The summed E-state index contributed by atoms with van der Waals surface area (Å²) in [5.41, 5.74) is 0.700. The highest BCUT2D eigenvalue weighted by Crippen LogP contribution is 2.64. The molecule has 1 saturated carbocycles. The molecular formula is C35H30ClFN2O6. The van der Waals surface area contributed by atoms with E-state index in [1.807, 2.05) is 36.4 Å². The average Bonchev–Trinajstić information content (AvgIpc) is 3.39. The molecule has 0 bridgehead atoms. The summed E-state index contributed by atoms with van der Waals surface area (Å²) in [7, 11) is 1.49. The number of amides is 4. The Morgan fingerprint density at radius 3 is 2.44 bits per heavy atom. The Labute approximate surface area is 264 Å². The van der Waals surface area contributed by atoms with E-state index in [0.717, 1.165) is 22.1 Å². The fraction of sp³-hybridized carbons (Fsp3) is 0.314. The summed E-state index contributed by atoms with van der Waals surface area (Å²) < 4.78 is 19.5. The molecule has 2 aliphatic heterocycles. The standard InChI is InChI=1S/C35H30ClFN2O6/c1-35-25(32(42)39(34(35)44)19-8-12-27(37)26(36)14-19)16-23-21(30(35)24-15-20(45-2)9-13-28(24)40)10-11-22-29(23)33(43)38(31(22)41)17-18-6-4-3-5-7-18/h3-10,12-15,22-23,25,29-30,40H,11,16-17H2,1-2H3. The van der Waals surface area contributed by atoms with Crippen LogP contribution in [0.1, 0.15) is 36.8 Å². The van der Waals surface area contributed by atoms with Crippen molar-refractivity contribution in [3.05, 3.63) is 100 Å². The third-order valence-electron chi connectivity index (χ3n) is 10.3. The van der Waals surface area contributed by atoms with Crippen LogP contribution < -0.4 is 9.64 Å². The molecule has 4 aliphatic rings. The molecule has 0 spiro atoms. The Kier molecular flexibility index (Phi) is 6.85. The Bertz CT molecular complexity index is 1810. The van der Waals surface area contributed by atoms with Crippen LogP contribution in [0, 0.1) is 34.9 Å². The predicted octanol–water partition coefficient (Wildman–Crippen LogP) is 5.62. The average molecular weight is 629 g/mol. The second-order valence-corrected chi connectivity index (χ2v) is 12.8. The number of nitrogens with zero attached hydrogens (tertiary/aromatic N) is 2. The summed E-state index contributed by atoms with van der Waals surface area (Å²) in [4.78, 5) is 58.9. The molecular weight excluding hydrogens is 599 g/mol. The molecule has 2 saturated heterocycles. The zero-order chi connectivity index (χ0) is 31.8. The van der Waals surface area contributed by atoms with Crippen LogP contribution in [0.5, 0.6) is 11.5 Å². The smallest absolute Gasteiger partial charge is 0.241 e. The number of halogens is 2. The van der Waals surface area contributed by atoms with Gasteiger partial charge < -0.3 is 9.84 Å². The van der Waals surface area contributed by atoms with E-state index in [4.69, 9.17) is 16.3 Å². The van der Waals surface area contributed by atoms with Crippen LogP contribution in [0.4, 0.5) is 10.1 Å². The van der Waals surface area contributed by atoms with E-state index >= 15 is 0 Å². The zero-order valence-corrected chi connectivity index (χ0v) is 25.3. The summed E-state index contributed by atoms with van der Waals surface area (Å²) in [6.07, 6.45) is 2.36. The van der Waals surface area contributed by atoms with Crippen molar-refractivity contribution < 1.29 is 33.4 Å². The quantitative estimate of drug-likeness (QED) is 0.290. The first-order valence-corrected chi connectivity index (χ1v) is 15.2. The van der Waals surface area contributed by atoms with E-state index in [-0.39, 0.29) is 47.7 Å². The van der Waals surface area contributed by atoms with Crippen molar-refractivity contribution in [2.45, 2.75) is 32.2 Å². The number of allylic oxidation sites excluding steroid dienone is 2. The minimum Gasteiger partial charge on any atom is -0.508 e. The SMILES string of the molecule is COc1ccc(O)c(C2C3=CCC4C(=O)N(Cc5ccccc5)C(=O)C4C3CC3C(=O)N(c4ccc(F)c(Cl)c4)C(=O)C32C)c1. The normalized spacial score (nSPS) is 29.0. The molecule has 6 atom stereocenters. The lowest BCUT2D eigenvalue weighted by Gasteiger charge is -2.49. The number of hydrogen-bond acceptors (Lipinski definition) is 6. The summed E-state index contributed by atoms with van der Waals surface area (Å²) >= 11 is 6.06. The molecule has 7 rings (SSSR count). The zero-order valence-electron chi connectivity index (χ0n) is 24.6. The molecule has 3 aromatic carbocycles. The van der Waals surface area contributed by atoms with Crippen LogP contribution in [0.2, 0.25) is 5.02 Å². The largest absolute Gasteiger partial charge is 0.508 e. The summed E-state index contributed by atoms with van der Waals surface area (Å²) in [5, 5.41) is 11.0. The minimum atomic E-state index is -1.38. The topological polar surface area (TPSA) is 104 Å². The van der Waals surface area contributed by atoms with Crippen LogP contribution in [0.3, 0.4) is 0 Å². The monoisotopic (exact) mass is 628 g/mol. The Balaban J connectivity index is 1.36. The number of likely N-dealkylation sites (tertiary alicyclic amines) is 1. The molecule has 3 fully saturated rings. The fourth-order valence-electron chi connectivity index (χ4n) is 8.11. The fourth-order valence-corrected chi connectivity index (χ4v) is 8.28. The molecule has 0 aromatic heterocycles. The second kappa shape index (κ2) is 10.5. The van der Waals surface area contributed by atoms with Gasteiger partial charge in [0.1, 0.15) is 17.3 Å². The highest BCUT2D eigenvalue weighted by atomic mass is 35.5. The van der Waals surface area contributed by atoms with E-state index in [2.05, 4.69) is 0 Å². The van der Waals surface area contributed by atoms with E-state index in [0.29, 0.717) is 11.3 Å². The molecule has 10 heteroatoms. The number of anilines is 1. The third-order valence-corrected chi connectivity index (χ3v) is 10.5. The molecule has 2 aliphatic carbocycles. The number of rotatable bonds is 5. The number of phenols is 1. The maximum Gasteiger partial charge on any atom is 0.241 e. The van der Waals surface area contributed by atoms with Crippen molar-refractivity contribution in [3.63, 3.8) is 0 Å². The van der Waals surface area contributed by atoms with Gasteiger partial charge in [-0.3, -0.25) is 24.1 Å². The molecule has 1 N–H and O–H groups in total. The van der Waals surface area contributed by atoms with Gasteiger partial charge in [-0.05, 0) is 67.6 Å². The highest BCUT2D eigenvalue weighted by molar-refractivity contribution is 6.31. The van der Waals surface area contributed by atoms with Crippen LogP contribution in [-0.4, -0.2) is 40.7 Å². The lowest BCUT2D eigenvalue weighted by Crippen LogP contribution is -2.48. The van der Waals surface area contributed by atoms with E-state index in [1.54, 1.807) is 19.1 Å². The van der Waals surface area contributed by atoms with Crippen molar-refractivity contribution in [3.8, 4) is 11.5 Å². The summed E-state index contributed by atoms with van der Waals surface area (Å²) in [6.45, 7) is 1.85. The maximum atomic E-state index is 14.5. The third kappa shape index (κ3) is 4.24. The van der Waals surface area contributed by atoms with Gasteiger partial charge in [-0.25, -0.2) is 9.29 Å². The van der Waals surface area contributed by atoms with Crippen molar-refractivity contribution in [1.29, 1.82) is 0 Å². The molecule has 2 heterocycles. The first kappa shape index (κ1) is 29.2. The van der Waals surface area contributed by atoms with Gasteiger partial charge in [0.25, 0.3) is 0 Å². The van der Waals surface area contributed by atoms with Crippen LogP contribution in [0.25, 0.3) is 0 Å². The van der Waals surface area contributed by atoms with E-state index in [1.165, 1.54) is 30.2 Å². The first-order valence-electron chi connectivity index (χ1n) is 14.9. The second-order valence-electron chi connectivity index (χ2n) is 12.4. The summed E-state index contributed by atoms with van der Waals surface area (Å²) in [6, 6.07) is 17.7. The van der Waals surface area contributed by atoms with Crippen LogP contribution >= 0.6 is 11.6 Å². The van der Waals surface area contributed by atoms with Gasteiger partial charge in [-0.2, -0.15) is 0 Å². The Morgan fingerprint density at radius 2 is 1.73 bits per heavy atom. The molecule has 8 nitrogen and oxygen atoms in total. The lowest BCUT2D eigenvalue weighted by atomic mass is 9.51. The Hall–Kier alpha value is -4.50. The van der Waals surface area contributed by atoms with E-state index < -0.39 is 52.6 Å². The molecule has 45 heavy (non-hydrogen) atoms. The van der Waals surface area contributed by atoms with Crippen molar-refractivity contribution >= 4 is 40.9 Å². The number of hydrogen-bond donors (Lipinski definition) is 1. The molecule has 3 aromatic rings. The van der Waals surface area contributed by atoms with Gasteiger partial charge >= 0.3 is 0 Å².